The Kier molecular flexibility index (Phi) is 1.79. The van der Waals surface area contributed by atoms with Crippen molar-refractivity contribution in [2.45, 2.75) is 24.7 Å². The quantitative estimate of drug-likeness (QED) is 0.811. The first kappa shape index (κ1) is 8.85. The number of hydrogen-bond donors (Lipinski definition) is 1. The molecule has 4 heteroatoms. The van der Waals surface area contributed by atoms with E-state index in [0.717, 1.165) is 18.6 Å². The van der Waals surface area contributed by atoms with Crippen molar-refractivity contribution in [3.8, 4) is 0 Å². The average Bonchev–Trinajstić information content (AvgIpc) is 2.91. The predicted octanol–water partition coefficient (Wildman–Crippen LogP) is 1.11. The van der Waals surface area contributed by atoms with Gasteiger partial charge in [-0.3, -0.25) is 4.98 Å². The second kappa shape index (κ2) is 3.03. The molecule has 0 amide bonds. The van der Waals surface area contributed by atoms with Gasteiger partial charge in [-0.2, -0.15) is 0 Å². The van der Waals surface area contributed by atoms with Crippen molar-refractivity contribution >= 4 is 5.65 Å². The van der Waals surface area contributed by atoms with Gasteiger partial charge in [0.05, 0.1) is 6.20 Å². The van der Waals surface area contributed by atoms with Crippen LogP contribution in [-0.4, -0.2) is 20.9 Å². The Bertz CT molecular complexity index is 484. The minimum absolute atomic E-state index is 0.301. The molecule has 15 heavy (non-hydrogen) atoms. The van der Waals surface area contributed by atoms with Crippen molar-refractivity contribution in [3.05, 3.63) is 30.5 Å². The summed E-state index contributed by atoms with van der Waals surface area (Å²) in [5.41, 5.74) is 8.19. The van der Waals surface area contributed by atoms with E-state index in [4.69, 9.17) is 5.73 Å². The molecule has 1 aliphatic carbocycles. The van der Waals surface area contributed by atoms with Crippen LogP contribution in [-0.2, 0) is 5.41 Å². The Morgan fingerprint density at radius 1 is 1.40 bits per heavy atom. The molecule has 0 atom stereocenters. The summed E-state index contributed by atoms with van der Waals surface area (Å²) in [5, 5.41) is 0. The van der Waals surface area contributed by atoms with E-state index in [9.17, 15) is 0 Å². The maximum absolute atomic E-state index is 5.66. The van der Waals surface area contributed by atoms with E-state index >= 15 is 0 Å². The Hall–Kier alpha value is -1.42. The SMILES string of the molecule is NCCC1(c2cnc3cnccn23)CC1. The van der Waals surface area contributed by atoms with Crippen LogP contribution in [0.3, 0.4) is 0 Å². The van der Waals surface area contributed by atoms with Gasteiger partial charge in [0.2, 0.25) is 0 Å². The van der Waals surface area contributed by atoms with Crippen molar-refractivity contribution in [3.63, 3.8) is 0 Å². The maximum atomic E-state index is 5.66. The molecule has 2 aromatic rings. The summed E-state index contributed by atoms with van der Waals surface area (Å²) in [4.78, 5) is 8.43. The lowest BCUT2D eigenvalue weighted by molar-refractivity contribution is 0.604. The molecular formula is C11H14N4. The standard InChI is InChI=1S/C11H14N4/c12-4-3-11(1-2-11)9-7-14-10-8-13-5-6-15(9)10/h5-8H,1-4,12H2. The fourth-order valence-electron chi connectivity index (χ4n) is 2.30. The number of aromatic nitrogens is 3. The van der Waals surface area contributed by atoms with Gasteiger partial charge in [-0.25, -0.2) is 4.98 Å². The minimum atomic E-state index is 0.301. The summed E-state index contributed by atoms with van der Waals surface area (Å²) in [6.07, 6.45) is 11.1. The zero-order valence-corrected chi connectivity index (χ0v) is 8.56. The Labute approximate surface area is 88.1 Å². The van der Waals surface area contributed by atoms with Gasteiger partial charge >= 0.3 is 0 Å². The van der Waals surface area contributed by atoms with E-state index in [-0.39, 0.29) is 0 Å². The van der Waals surface area contributed by atoms with Crippen LogP contribution in [0, 0.1) is 0 Å². The molecule has 1 aliphatic rings. The molecule has 2 N–H and O–H groups in total. The van der Waals surface area contributed by atoms with Gasteiger partial charge in [0, 0.05) is 29.7 Å². The summed E-state index contributed by atoms with van der Waals surface area (Å²) < 4.78 is 2.13. The van der Waals surface area contributed by atoms with E-state index in [1.165, 1.54) is 18.5 Å². The molecule has 0 unspecified atom stereocenters. The normalized spacial score (nSPS) is 18.2. The number of nitrogens with zero attached hydrogens (tertiary/aromatic N) is 3. The highest BCUT2D eigenvalue weighted by Crippen LogP contribution is 2.50. The van der Waals surface area contributed by atoms with Gasteiger partial charge in [-0.1, -0.05) is 0 Å². The third-order valence-electron chi connectivity index (χ3n) is 3.34. The van der Waals surface area contributed by atoms with Crippen LogP contribution in [0.15, 0.2) is 24.8 Å². The van der Waals surface area contributed by atoms with Crippen molar-refractivity contribution < 1.29 is 0 Å². The van der Waals surface area contributed by atoms with Crippen molar-refractivity contribution in [2.24, 2.45) is 5.73 Å². The lowest BCUT2D eigenvalue weighted by atomic mass is 9.99. The molecule has 4 nitrogen and oxygen atoms in total. The summed E-state index contributed by atoms with van der Waals surface area (Å²) in [7, 11) is 0. The van der Waals surface area contributed by atoms with E-state index in [1.54, 1.807) is 12.4 Å². The molecule has 0 aliphatic heterocycles. The van der Waals surface area contributed by atoms with E-state index in [0.29, 0.717) is 5.41 Å². The highest BCUT2D eigenvalue weighted by molar-refractivity contribution is 5.41. The van der Waals surface area contributed by atoms with Gasteiger partial charge in [0.15, 0.2) is 5.65 Å². The first-order valence-electron chi connectivity index (χ1n) is 5.33. The minimum Gasteiger partial charge on any atom is -0.330 e. The third-order valence-corrected chi connectivity index (χ3v) is 3.34. The van der Waals surface area contributed by atoms with Gasteiger partial charge in [-0.15, -0.1) is 0 Å². The monoisotopic (exact) mass is 202 g/mol. The highest BCUT2D eigenvalue weighted by atomic mass is 15.0. The fourth-order valence-corrected chi connectivity index (χ4v) is 2.30. The molecule has 0 bridgehead atoms. The molecule has 0 saturated heterocycles. The number of hydrogen-bond acceptors (Lipinski definition) is 3. The van der Waals surface area contributed by atoms with Crippen LogP contribution < -0.4 is 5.73 Å². The van der Waals surface area contributed by atoms with Crippen molar-refractivity contribution in [1.82, 2.24) is 14.4 Å². The molecule has 1 saturated carbocycles. The number of fused-ring (bicyclic) bond motifs is 1. The maximum Gasteiger partial charge on any atom is 0.155 e. The summed E-state index contributed by atoms with van der Waals surface area (Å²) in [6.45, 7) is 0.748. The number of imidazole rings is 1. The second-order valence-electron chi connectivity index (χ2n) is 4.27. The summed E-state index contributed by atoms with van der Waals surface area (Å²) in [5.74, 6) is 0. The van der Waals surface area contributed by atoms with Gasteiger partial charge in [-0.05, 0) is 25.8 Å². The molecule has 0 aromatic carbocycles. The van der Waals surface area contributed by atoms with Gasteiger partial charge in [0.1, 0.15) is 0 Å². The van der Waals surface area contributed by atoms with Gasteiger partial charge < -0.3 is 10.1 Å². The van der Waals surface area contributed by atoms with Crippen molar-refractivity contribution in [2.75, 3.05) is 6.54 Å². The first-order chi connectivity index (χ1) is 7.36. The molecule has 2 heterocycles. The Morgan fingerprint density at radius 2 is 2.27 bits per heavy atom. The van der Waals surface area contributed by atoms with E-state index < -0.39 is 0 Å². The average molecular weight is 202 g/mol. The number of rotatable bonds is 3. The zero-order valence-electron chi connectivity index (χ0n) is 8.56. The highest BCUT2D eigenvalue weighted by Gasteiger charge is 2.45. The van der Waals surface area contributed by atoms with Crippen LogP contribution in [0.2, 0.25) is 0 Å². The third kappa shape index (κ3) is 1.25. The van der Waals surface area contributed by atoms with Gasteiger partial charge in [0.25, 0.3) is 0 Å². The van der Waals surface area contributed by atoms with Crippen LogP contribution in [0.25, 0.3) is 5.65 Å². The second-order valence-corrected chi connectivity index (χ2v) is 4.27. The fraction of sp³-hybridized carbons (Fsp3) is 0.455. The zero-order chi connectivity index (χ0) is 10.3. The predicted molar refractivity (Wildman–Crippen MR) is 57.6 cm³/mol. The lowest BCUT2D eigenvalue weighted by Crippen LogP contribution is -2.15. The smallest absolute Gasteiger partial charge is 0.155 e. The topological polar surface area (TPSA) is 56.2 Å². The van der Waals surface area contributed by atoms with E-state index in [1.807, 2.05) is 12.4 Å². The first-order valence-corrected chi connectivity index (χ1v) is 5.33. The molecule has 78 valence electrons. The number of nitrogens with two attached hydrogens (primary N) is 1. The molecule has 3 rings (SSSR count). The van der Waals surface area contributed by atoms with Crippen LogP contribution in [0.1, 0.15) is 25.0 Å². The molecule has 0 radical (unpaired) electrons. The molecular weight excluding hydrogens is 188 g/mol. The molecule has 2 aromatic heterocycles. The van der Waals surface area contributed by atoms with E-state index in [2.05, 4.69) is 14.4 Å². The lowest BCUT2D eigenvalue weighted by Gasteiger charge is -2.12. The largest absolute Gasteiger partial charge is 0.330 e. The van der Waals surface area contributed by atoms with Crippen LogP contribution in [0.5, 0.6) is 0 Å². The summed E-state index contributed by atoms with van der Waals surface area (Å²) in [6, 6.07) is 0. The Balaban J connectivity index is 2.11. The molecule has 0 spiro atoms. The summed E-state index contributed by atoms with van der Waals surface area (Å²) >= 11 is 0. The van der Waals surface area contributed by atoms with Crippen LogP contribution in [0.4, 0.5) is 0 Å². The molecule has 1 fully saturated rings. The van der Waals surface area contributed by atoms with Crippen LogP contribution >= 0.6 is 0 Å². The Morgan fingerprint density at radius 3 is 3.00 bits per heavy atom. The van der Waals surface area contributed by atoms with Crippen molar-refractivity contribution in [1.29, 1.82) is 0 Å².